The van der Waals surface area contributed by atoms with Gasteiger partial charge in [-0.1, -0.05) is 24.3 Å². The molecular formula is C22H20F2N2O4S. The number of hydrogen-bond donors (Lipinski definition) is 2. The molecule has 0 aliphatic carbocycles. The maximum Gasteiger partial charge on any atom is 0.244 e. The zero-order valence-electron chi connectivity index (χ0n) is 16.5. The summed E-state index contributed by atoms with van der Waals surface area (Å²) in [6.07, 6.45) is 0. The second-order valence-electron chi connectivity index (χ2n) is 6.69. The van der Waals surface area contributed by atoms with Crippen molar-refractivity contribution in [2.24, 2.45) is 0 Å². The molecule has 0 spiro atoms. The smallest absolute Gasteiger partial charge is 0.244 e. The molecule has 0 aliphatic rings. The zero-order valence-corrected chi connectivity index (χ0v) is 17.3. The normalized spacial score (nSPS) is 12.2. The van der Waals surface area contributed by atoms with Crippen molar-refractivity contribution in [1.29, 1.82) is 0 Å². The van der Waals surface area contributed by atoms with Crippen molar-refractivity contribution in [3.05, 3.63) is 90.0 Å². The predicted octanol–water partition coefficient (Wildman–Crippen LogP) is 3.74. The number of ether oxygens (including phenoxy) is 1. The van der Waals surface area contributed by atoms with Crippen LogP contribution in [0.15, 0.2) is 77.7 Å². The van der Waals surface area contributed by atoms with Crippen LogP contribution in [0.4, 0.5) is 8.78 Å². The van der Waals surface area contributed by atoms with Crippen LogP contribution in [0.2, 0.25) is 0 Å². The topological polar surface area (TPSA) is 84.5 Å². The van der Waals surface area contributed by atoms with Crippen molar-refractivity contribution in [1.82, 2.24) is 10.0 Å². The number of carbonyl (C=O) groups is 1. The Balaban J connectivity index is 1.54. The summed E-state index contributed by atoms with van der Waals surface area (Å²) < 4.78 is 59.0. The molecule has 1 atom stereocenters. The molecule has 0 aliphatic heterocycles. The highest BCUT2D eigenvalue weighted by Gasteiger charge is 2.24. The summed E-state index contributed by atoms with van der Waals surface area (Å²) in [6, 6.07) is 16.3. The fraction of sp³-hybridized carbons (Fsp3) is 0.136. The highest BCUT2D eigenvalue weighted by atomic mass is 32.2. The van der Waals surface area contributed by atoms with Crippen molar-refractivity contribution in [3.63, 3.8) is 0 Å². The molecule has 3 aromatic rings. The van der Waals surface area contributed by atoms with Crippen LogP contribution in [-0.2, 0) is 21.4 Å². The summed E-state index contributed by atoms with van der Waals surface area (Å²) in [4.78, 5) is 11.7. The van der Waals surface area contributed by atoms with Crippen LogP contribution in [0.25, 0.3) is 0 Å². The lowest BCUT2D eigenvalue weighted by Crippen LogP contribution is -2.44. The van der Waals surface area contributed by atoms with Crippen molar-refractivity contribution < 1.29 is 26.7 Å². The van der Waals surface area contributed by atoms with E-state index >= 15 is 0 Å². The third-order valence-electron chi connectivity index (χ3n) is 4.29. The van der Waals surface area contributed by atoms with Gasteiger partial charge in [-0.05, 0) is 61.0 Å². The lowest BCUT2D eigenvalue weighted by molar-refractivity contribution is -0.122. The minimum absolute atomic E-state index is 0.154. The van der Waals surface area contributed by atoms with Gasteiger partial charge >= 0.3 is 0 Å². The van der Waals surface area contributed by atoms with Crippen LogP contribution in [0, 0.1) is 11.6 Å². The number of nitrogens with one attached hydrogen (secondary N) is 2. The van der Waals surface area contributed by atoms with E-state index in [4.69, 9.17) is 4.74 Å². The molecule has 0 fully saturated rings. The van der Waals surface area contributed by atoms with Crippen LogP contribution < -0.4 is 14.8 Å². The molecule has 0 bridgehead atoms. The second kappa shape index (κ2) is 9.67. The highest BCUT2D eigenvalue weighted by Crippen LogP contribution is 2.22. The molecule has 2 N–H and O–H groups in total. The van der Waals surface area contributed by atoms with Crippen molar-refractivity contribution in [2.75, 3.05) is 0 Å². The average molecular weight is 446 g/mol. The SMILES string of the molecule is C[C@H](NS(=O)(=O)c1ccccc1F)C(=O)NCc1ccc(Oc2ccc(F)cc2)cc1. The van der Waals surface area contributed by atoms with E-state index in [2.05, 4.69) is 10.0 Å². The van der Waals surface area contributed by atoms with E-state index in [0.717, 1.165) is 17.7 Å². The Kier molecular flexibility index (Phi) is 6.98. The Bertz CT molecular complexity index is 1150. The third kappa shape index (κ3) is 6.09. The fourth-order valence-corrected chi connectivity index (χ4v) is 3.95. The predicted molar refractivity (Wildman–Crippen MR) is 111 cm³/mol. The summed E-state index contributed by atoms with van der Waals surface area (Å²) in [5, 5.41) is 2.62. The van der Waals surface area contributed by atoms with Gasteiger partial charge in [0.05, 0.1) is 6.04 Å². The monoisotopic (exact) mass is 446 g/mol. The van der Waals surface area contributed by atoms with E-state index in [1.54, 1.807) is 24.3 Å². The average Bonchev–Trinajstić information content (AvgIpc) is 2.74. The van der Waals surface area contributed by atoms with Gasteiger partial charge in [-0.25, -0.2) is 17.2 Å². The number of halogens is 2. The van der Waals surface area contributed by atoms with Gasteiger partial charge < -0.3 is 10.1 Å². The number of hydrogen-bond acceptors (Lipinski definition) is 4. The van der Waals surface area contributed by atoms with Gasteiger partial charge in [0.2, 0.25) is 15.9 Å². The van der Waals surface area contributed by atoms with E-state index in [9.17, 15) is 22.0 Å². The van der Waals surface area contributed by atoms with E-state index in [-0.39, 0.29) is 12.4 Å². The van der Waals surface area contributed by atoms with Gasteiger partial charge in [-0.3, -0.25) is 4.79 Å². The van der Waals surface area contributed by atoms with Crippen molar-refractivity contribution >= 4 is 15.9 Å². The minimum atomic E-state index is -4.18. The van der Waals surface area contributed by atoms with E-state index in [0.29, 0.717) is 11.5 Å². The molecule has 0 saturated heterocycles. The number of amides is 1. The van der Waals surface area contributed by atoms with E-state index < -0.39 is 32.7 Å². The number of sulfonamides is 1. The van der Waals surface area contributed by atoms with Crippen LogP contribution in [-0.4, -0.2) is 20.4 Å². The quantitative estimate of drug-likeness (QED) is 0.552. The lowest BCUT2D eigenvalue weighted by Gasteiger charge is -2.15. The lowest BCUT2D eigenvalue weighted by atomic mass is 10.2. The van der Waals surface area contributed by atoms with Crippen molar-refractivity contribution in [3.8, 4) is 11.5 Å². The van der Waals surface area contributed by atoms with E-state index in [1.807, 2.05) is 0 Å². The molecule has 0 aromatic heterocycles. The van der Waals surface area contributed by atoms with Crippen LogP contribution in [0.1, 0.15) is 12.5 Å². The third-order valence-corrected chi connectivity index (χ3v) is 5.86. The summed E-state index contributed by atoms with van der Waals surface area (Å²) in [6.45, 7) is 1.52. The van der Waals surface area contributed by atoms with Crippen LogP contribution in [0.3, 0.4) is 0 Å². The summed E-state index contributed by atoms with van der Waals surface area (Å²) in [5.41, 5.74) is 0.754. The molecule has 1 amide bonds. The number of carbonyl (C=O) groups excluding carboxylic acids is 1. The standard InChI is InChI=1S/C22H20F2N2O4S/c1-15(26-31(28,29)21-5-3-2-4-20(21)24)22(27)25-14-16-6-10-18(11-7-16)30-19-12-8-17(23)9-13-19/h2-13,15,26H,14H2,1H3,(H,25,27)/t15-/m0/s1. The summed E-state index contributed by atoms with van der Waals surface area (Å²) >= 11 is 0. The minimum Gasteiger partial charge on any atom is -0.457 e. The molecule has 3 aromatic carbocycles. The molecule has 0 unspecified atom stereocenters. The Labute approximate surface area is 178 Å². The molecule has 0 heterocycles. The van der Waals surface area contributed by atoms with Crippen LogP contribution >= 0.6 is 0 Å². The molecule has 31 heavy (non-hydrogen) atoms. The van der Waals surface area contributed by atoms with E-state index in [1.165, 1.54) is 43.3 Å². The Morgan fingerprint density at radius 3 is 2.13 bits per heavy atom. The molecule has 0 saturated carbocycles. The highest BCUT2D eigenvalue weighted by molar-refractivity contribution is 7.89. The largest absolute Gasteiger partial charge is 0.457 e. The summed E-state index contributed by atoms with van der Waals surface area (Å²) in [7, 11) is -4.18. The van der Waals surface area contributed by atoms with Gasteiger partial charge in [-0.2, -0.15) is 4.72 Å². The number of rotatable bonds is 8. The Morgan fingerprint density at radius 2 is 1.52 bits per heavy atom. The Morgan fingerprint density at radius 1 is 0.935 bits per heavy atom. The maximum atomic E-state index is 13.7. The molecule has 9 heteroatoms. The summed E-state index contributed by atoms with van der Waals surface area (Å²) in [5.74, 6) is -0.799. The first-order valence-electron chi connectivity index (χ1n) is 9.31. The first kappa shape index (κ1) is 22.4. The molecule has 0 radical (unpaired) electrons. The first-order chi connectivity index (χ1) is 14.7. The Hall–Kier alpha value is -3.30. The second-order valence-corrected chi connectivity index (χ2v) is 8.37. The fourth-order valence-electron chi connectivity index (χ4n) is 2.67. The zero-order chi connectivity index (χ0) is 22.4. The van der Waals surface area contributed by atoms with Crippen LogP contribution in [0.5, 0.6) is 11.5 Å². The molecular weight excluding hydrogens is 426 g/mol. The van der Waals surface area contributed by atoms with Gasteiger partial charge in [0.25, 0.3) is 0 Å². The van der Waals surface area contributed by atoms with Crippen molar-refractivity contribution in [2.45, 2.75) is 24.4 Å². The molecule has 6 nitrogen and oxygen atoms in total. The van der Waals surface area contributed by atoms with Gasteiger partial charge in [0.15, 0.2) is 0 Å². The first-order valence-corrected chi connectivity index (χ1v) is 10.8. The molecule has 162 valence electrons. The molecule has 3 rings (SSSR count). The van der Waals surface area contributed by atoms with Gasteiger partial charge in [-0.15, -0.1) is 0 Å². The maximum absolute atomic E-state index is 13.7. The number of benzene rings is 3. The van der Waals surface area contributed by atoms with Gasteiger partial charge in [0, 0.05) is 6.54 Å². The van der Waals surface area contributed by atoms with Gasteiger partial charge in [0.1, 0.15) is 28.0 Å².